The number of benzene rings is 1. The van der Waals surface area contributed by atoms with Crippen molar-refractivity contribution in [2.45, 2.75) is 181 Å². The topological polar surface area (TPSA) is 57.5 Å². The van der Waals surface area contributed by atoms with Crippen LogP contribution in [0.2, 0.25) is 0 Å². The van der Waals surface area contributed by atoms with Crippen molar-refractivity contribution in [3.63, 3.8) is 0 Å². The molecule has 1 aromatic rings. The number of carboxylic acids is 1. The van der Waals surface area contributed by atoms with Gasteiger partial charge in [-0.3, -0.25) is 4.79 Å². The lowest BCUT2D eigenvalue weighted by Crippen LogP contribution is -2.19. The fraction of sp³-hybridized carbons (Fsp3) is 0.806. The molecule has 3 nitrogen and oxygen atoms in total. The van der Waals surface area contributed by atoms with Gasteiger partial charge < -0.3 is 10.2 Å². The molecule has 3 heteroatoms. The smallest absolute Gasteiger partial charge is 0.306 e. The number of rotatable bonds is 21. The predicted molar refractivity (Wildman–Crippen MR) is 169 cm³/mol. The van der Waals surface area contributed by atoms with E-state index in [1.54, 1.807) is 0 Å². The summed E-state index contributed by atoms with van der Waals surface area (Å²) in [6.07, 6.45) is 23.5. The number of carbonyl (C=O) groups is 1. The Bertz CT molecular complexity index is 761. The van der Waals surface area contributed by atoms with Crippen LogP contribution in [0.1, 0.15) is 181 Å². The molecule has 1 rings (SSSR count). The first kappa shape index (κ1) is 35.5. The number of hydrogen-bond acceptors (Lipinski definition) is 2. The minimum Gasteiger partial charge on any atom is -0.507 e. The number of unbranched alkanes of at least 4 members (excludes halogenated alkanes) is 15. The minimum absolute atomic E-state index is 0.167. The van der Waals surface area contributed by atoms with Crippen LogP contribution in [0.25, 0.3) is 0 Å². The average Bonchev–Trinajstić information content (AvgIpc) is 2.84. The third-order valence-corrected chi connectivity index (χ3v) is 8.32. The lowest BCUT2D eigenvalue weighted by Gasteiger charge is -2.28. The van der Waals surface area contributed by atoms with Crippen LogP contribution in [0.5, 0.6) is 5.75 Å². The zero-order chi connectivity index (χ0) is 29.3. The molecule has 1 atom stereocenters. The molecule has 0 aliphatic rings. The first-order valence-electron chi connectivity index (χ1n) is 16.5. The second kappa shape index (κ2) is 18.8. The van der Waals surface area contributed by atoms with Crippen molar-refractivity contribution >= 4 is 5.97 Å². The third-order valence-electron chi connectivity index (χ3n) is 8.32. The van der Waals surface area contributed by atoms with Crippen LogP contribution in [0.4, 0.5) is 0 Å². The van der Waals surface area contributed by atoms with E-state index in [1.165, 1.54) is 89.9 Å². The summed E-state index contributed by atoms with van der Waals surface area (Å²) in [5, 5.41) is 20.8. The van der Waals surface area contributed by atoms with Gasteiger partial charge in [-0.2, -0.15) is 0 Å². The van der Waals surface area contributed by atoms with Crippen LogP contribution in [0.15, 0.2) is 12.1 Å². The molecule has 1 unspecified atom stereocenters. The molecule has 0 fully saturated rings. The summed E-state index contributed by atoms with van der Waals surface area (Å²) in [6, 6.07) is 4.19. The van der Waals surface area contributed by atoms with Crippen LogP contribution in [0, 0.1) is 5.92 Å². The van der Waals surface area contributed by atoms with Crippen LogP contribution >= 0.6 is 0 Å². The number of aliphatic carboxylic acids is 1. The van der Waals surface area contributed by atoms with Gasteiger partial charge in [0, 0.05) is 0 Å². The lowest BCUT2D eigenvalue weighted by atomic mass is 9.78. The maximum atomic E-state index is 12.0. The van der Waals surface area contributed by atoms with Gasteiger partial charge in [-0.05, 0) is 46.8 Å². The summed E-state index contributed by atoms with van der Waals surface area (Å²) in [5.74, 6) is -0.565. The summed E-state index contributed by atoms with van der Waals surface area (Å²) >= 11 is 0. The van der Waals surface area contributed by atoms with Gasteiger partial charge in [0.15, 0.2) is 0 Å². The van der Waals surface area contributed by atoms with Crippen molar-refractivity contribution in [2.24, 2.45) is 5.92 Å². The van der Waals surface area contributed by atoms with Gasteiger partial charge >= 0.3 is 5.97 Å². The maximum absolute atomic E-state index is 12.0. The van der Waals surface area contributed by atoms with E-state index in [-0.39, 0.29) is 16.7 Å². The van der Waals surface area contributed by atoms with Crippen molar-refractivity contribution in [2.75, 3.05) is 0 Å². The molecule has 39 heavy (non-hydrogen) atoms. The molecule has 0 spiro atoms. The Balaban J connectivity index is 2.31. The van der Waals surface area contributed by atoms with Crippen molar-refractivity contribution in [1.29, 1.82) is 0 Å². The van der Waals surface area contributed by atoms with Crippen molar-refractivity contribution in [1.82, 2.24) is 0 Å². The van der Waals surface area contributed by atoms with Crippen LogP contribution in [-0.4, -0.2) is 16.2 Å². The summed E-state index contributed by atoms with van der Waals surface area (Å²) in [4.78, 5) is 12.0. The molecular weight excluding hydrogens is 480 g/mol. The largest absolute Gasteiger partial charge is 0.507 e. The Labute approximate surface area is 242 Å². The van der Waals surface area contributed by atoms with E-state index in [0.29, 0.717) is 12.2 Å². The van der Waals surface area contributed by atoms with Crippen LogP contribution in [-0.2, 0) is 22.0 Å². The fourth-order valence-electron chi connectivity index (χ4n) is 5.65. The third kappa shape index (κ3) is 15.2. The summed E-state index contributed by atoms with van der Waals surface area (Å²) in [6.45, 7) is 15.0. The SMILES string of the molecule is CCCCCCCCCCCCCCCCCCC(CCc1cc(C(C)(C)C)c(O)c(C(C)(C)C)c1)C(=O)O. The number of phenolic OH excluding ortho intramolecular Hbond substituents is 1. The van der Waals surface area contributed by atoms with Gasteiger partial charge in [0.25, 0.3) is 0 Å². The number of hydrogen-bond donors (Lipinski definition) is 2. The van der Waals surface area contributed by atoms with Gasteiger partial charge in [-0.25, -0.2) is 0 Å². The van der Waals surface area contributed by atoms with Gasteiger partial charge in [0.05, 0.1) is 5.92 Å². The molecule has 0 saturated heterocycles. The highest BCUT2D eigenvalue weighted by Crippen LogP contribution is 2.40. The molecule has 0 saturated carbocycles. The second-order valence-corrected chi connectivity index (χ2v) is 14.2. The van der Waals surface area contributed by atoms with E-state index < -0.39 is 5.97 Å². The highest BCUT2D eigenvalue weighted by molar-refractivity contribution is 5.69. The number of aryl methyl sites for hydroxylation is 1. The normalized spacial score (nSPS) is 13.1. The zero-order valence-corrected chi connectivity index (χ0v) is 27.0. The molecule has 226 valence electrons. The fourth-order valence-corrected chi connectivity index (χ4v) is 5.65. The molecule has 1 aromatic carbocycles. The molecule has 0 radical (unpaired) electrons. The number of carboxylic acid groups (broad SMARTS) is 1. The average molecular weight is 545 g/mol. The van der Waals surface area contributed by atoms with Gasteiger partial charge in [0.2, 0.25) is 0 Å². The second-order valence-electron chi connectivity index (χ2n) is 14.2. The standard InChI is InChI=1S/C36H64O3/c1-8-9-10-11-12-13-14-15-16-17-18-19-20-21-22-23-24-30(34(38)39)26-25-29-27-31(35(2,3)4)33(37)32(28-29)36(5,6)7/h27-28,30,37H,8-26H2,1-7H3,(H,38,39). The zero-order valence-electron chi connectivity index (χ0n) is 27.0. The van der Waals surface area contributed by atoms with Gasteiger partial charge in [-0.1, -0.05) is 163 Å². The number of aromatic hydroxyl groups is 1. The summed E-state index contributed by atoms with van der Waals surface area (Å²) in [7, 11) is 0. The van der Waals surface area contributed by atoms with E-state index in [2.05, 4.69) is 60.6 Å². The van der Waals surface area contributed by atoms with E-state index in [0.717, 1.165) is 42.4 Å². The lowest BCUT2D eigenvalue weighted by molar-refractivity contribution is -0.142. The van der Waals surface area contributed by atoms with E-state index in [4.69, 9.17) is 0 Å². The Morgan fingerprint density at radius 2 is 1.00 bits per heavy atom. The van der Waals surface area contributed by atoms with Crippen molar-refractivity contribution in [3.8, 4) is 5.75 Å². The molecule has 0 bridgehead atoms. The quantitative estimate of drug-likeness (QED) is 0.151. The van der Waals surface area contributed by atoms with Crippen molar-refractivity contribution < 1.29 is 15.0 Å². The Morgan fingerprint density at radius 1 is 0.641 bits per heavy atom. The molecule has 0 heterocycles. The van der Waals surface area contributed by atoms with Crippen LogP contribution in [0.3, 0.4) is 0 Å². The molecule has 2 N–H and O–H groups in total. The summed E-state index contributed by atoms with van der Waals surface area (Å²) < 4.78 is 0. The Kier molecular flexibility index (Phi) is 17.1. The molecule has 0 aromatic heterocycles. The Morgan fingerprint density at radius 3 is 1.33 bits per heavy atom. The van der Waals surface area contributed by atoms with Gasteiger partial charge in [-0.15, -0.1) is 0 Å². The first-order chi connectivity index (χ1) is 18.4. The molecule has 0 aliphatic carbocycles. The van der Waals surface area contributed by atoms with Crippen molar-refractivity contribution in [3.05, 3.63) is 28.8 Å². The van der Waals surface area contributed by atoms with E-state index >= 15 is 0 Å². The van der Waals surface area contributed by atoms with Crippen LogP contribution < -0.4 is 0 Å². The molecule has 0 aliphatic heterocycles. The van der Waals surface area contributed by atoms with Gasteiger partial charge in [0.1, 0.15) is 5.75 Å². The highest BCUT2D eigenvalue weighted by atomic mass is 16.4. The maximum Gasteiger partial charge on any atom is 0.306 e. The highest BCUT2D eigenvalue weighted by Gasteiger charge is 2.27. The summed E-state index contributed by atoms with van der Waals surface area (Å²) in [5.41, 5.74) is 2.71. The number of phenols is 1. The minimum atomic E-state index is -0.665. The Hall–Kier alpha value is -1.51. The van der Waals surface area contributed by atoms with E-state index in [1.807, 2.05) is 0 Å². The molecule has 0 amide bonds. The first-order valence-corrected chi connectivity index (χ1v) is 16.5. The monoisotopic (exact) mass is 544 g/mol. The predicted octanol–water partition coefficient (Wildman–Crippen LogP) is 11.3. The molecular formula is C36H64O3. The van der Waals surface area contributed by atoms with E-state index in [9.17, 15) is 15.0 Å².